The van der Waals surface area contributed by atoms with E-state index >= 15 is 0 Å². The fourth-order valence-electron chi connectivity index (χ4n) is 4.40. The van der Waals surface area contributed by atoms with Gasteiger partial charge in [0, 0.05) is 18.4 Å². The number of rotatable bonds is 5. The highest BCUT2D eigenvalue weighted by atomic mass is 16.2. The molecule has 2 aliphatic heterocycles. The van der Waals surface area contributed by atoms with Crippen molar-refractivity contribution in [2.24, 2.45) is 0 Å². The van der Waals surface area contributed by atoms with Crippen molar-refractivity contribution in [3.63, 3.8) is 0 Å². The van der Waals surface area contributed by atoms with Gasteiger partial charge >= 0.3 is 0 Å². The molecule has 146 valence electrons. The summed E-state index contributed by atoms with van der Waals surface area (Å²) in [6.07, 6.45) is 2.49. The molecule has 4 rings (SSSR count). The van der Waals surface area contributed by atoms with Crippen LogP contribution in [0, 0.1) is 6.92 Å². The third-order valence-electron chi connectivity index (χ3n) is 6.01. The zero-order valence-electron chi connectivity index (χ0n) is 16.4. The SMILES string of the molecule is Cc1ccc(N2C(=O)C[C@@H]([NH2+]C3CC[NH+](Cc4ccccc4)CC3)C2=O)cc1. The summed E-state index contributed by atoms with van der Waals surface area (Å²) in [7, 11) is 0. The van der Waals surface area contributed by atoms with E-state index in [2.05, 4.69) is 35.6 Å². The number of hydrogen-bond acceptors (Lipinski definition) is 2. The fourth-order valence-corrected chi connectivity index (χ4v) is 4.40. The molecule has 0 aromatic heterocycles. The molecule has 0 unspecified atom stereocenters. The van der Waals surface area contributed by atoms with E-state index in [9.17, 15) is 9.59 Å². The third-order valence-corrected chi connectivity index (χ3v) is 6.01. The van der Waals surface area contributed by atoms with E-state index in [4.69, 9.17) is 0 Å². The van der Waals surface area contributed by atoms with E-state index < -0.39 is 0 Å². The first-order chi connectivity index (χ1) is 13.6. The molecule has 2 aliphatic rings. The van der Waals surface area contributed by atoms with Crippen molar-refractivity contribution >= 4 is 17.5 Å². The standard InChI is InChI=1S/C23H27N3O2/c1-17-7-9-20(10-8-17)26-22(27)15-21(23(26)28)24-19-11-13-25(14-12-19)16-18-5-3-2-4-6-18/h2-10,19,21,24H,11-16H2,1H3/p+2/t21-/m1/s1. The van der Waals surface area contributed by atoms with Crippen LogP contribution in [0.2, 0.25) is 0 Å². The molecular formula is C23H29N3O2+2. The highest BCUT2D eigenvalue weighted by Crippen LogP contribution is 2.22. The van der Waals surface area contributed by atoms with Crippen molar-refractivity contribution in [2.75, 3.05) is 18.0 Å². The lowest BCUT2D eigenvalue weighted by Crippen LogP contribution is -3.14. The minimum absolute atomic E-state index is 0.0621. The molecule has 2 aromatic carbocycles. The number of quaternary nitrogens is 2. The van der Waals surface area contributed by atoms with Crippen LogP contribution >= 0.6 is 0 Å². The number of imide groups is 1. The maximum Gasteiger partial charge on any atom is 0.292 e. The van der Waals surface area contributed by atoms with Gasteiger partial charge in [0.25, 0.3) is 5.91 Å². The molecule has 0 bridgehead atoms. The normalized spacial score (nSPS) is 25.3. The number of carbonyl (C=O) groups excluding carboxylic acids is 2. The second-order valence-corrected chi connectivity index (χ2v) is 8.16. The van der Waals surface area contributed by atoms with Crippen LogP contribution in [-0.2, 0) is 16.1 Å². The van der Waals surface area contributed by atoms with Crippen LogP contribution in [0.1, 0.15) is 30.4 Å². The topological polar surface area (TPSA) is 58.4 Å². The van der Waals surface area contributed by atoms with Crippen molar-refractivity contribution < 1.29 is 19.8 Å². The monoisotopic (exact) mass is 379 g/mol. The molecule has 0 radical (unpaired) electrons. The fraction of sp³-hybridized carbons (Fsp3) is 0.391. The van der Waals surface area contributed by atoms with E-state index in [1.807, 2.05) is 31.2 Å². The van der Waals surface area contributed by atoms with Crippen LogP contribution in [0.5, 0.6) is 0 Å². The van der Waals surface area contributed by atoms with Crippen molar-refractivity contribution in [1.29, 1.82) is 0 Å². The molecule has 3 N–H and O–H groups in total. The Balaban J connectivity index is 1.31. The van der Waals surface area contributed by atoms with Crippen molar-refractivity contribution in [2.45, 2.75) is 44.8 Å². The molecule has 1 atom stereocenters. The van der Waals surface area contributed by atoms with Gasteiger partial charge in [-0.05, 0) is 19.1 Å². The number of hydrogen-bond donors (Lipinski definition) is 2. The molecule has 2 aromatic rings. The lowest BCUT2D eigenvalue weighted by Gasteiger charge is -2.29. The Hall–Kier alpha value is -2.50. The van der Waals surface area contributed by atoms with Crippen LogP contribution in [0.4, 0.5) is 5.69 Å². The second-order valence-electron chi connectivity index (χ2n) is 8.16. The van der Waals surface area contributed by atoms with E-state index in [1.54, 1.807) is 4.90 Å². The van der Waals surface area contributed by atoms with Gasteiger partial charge in [-0.25, -0.2) is 4.90 Å². The average molecular weight is 380 g/mol. The Kier molecular flexibility index (Phi) is 5.55. The number of nitrogens with zero attached hydrogens (tertiary/aromatic N) is 1. The number of likely N-dealkylation sites (tertiary alicyclic amines) is 1. The average Bonchev–Trinajstić information content (AvgIpc) is 2.98. The molecule has 2 saturated heterocycles. The van der Waals surface area contributed by atoms with Crippen LogP contribution in [0.3, 0.4) is 0 Å². The second kappa shape index (κ2) is 8.25. The number of piperidine rings is 1. The summed E-state index contributed by atoms with van der Waals surface area (Å²) in [5.41, 5.74) is 3.19. The van der Waals surface area contributed by atoms with Gasteiger partial charge in [0.15, 0.2) is 6.04 Å². The Morgan fingerprint density at radius 1 is 1.00 bits per heavy atom. The van der Waals surface area contributed by atoms with Gasteiger partial charge in [-0.2, -0.15) is 0 Å². The summed E-state index contributed by atoms with van der Waals surface area (Å²) in [6, 6.07) is 18.4. The maximum absolute atomic E-state index is 12.8. The van der Waals surface area contributed by atoms with E-state index in [0.29, 0.717) is 18.2 Å². The van der Waals surface area contributed by atoms with Crippen LogP contribution in [-0.4, -0.2) is 37.0 Å². The van der Waals surface area contributed by atoms with Crippen LogP contribution < -0.4 is 15.1 Å². The predicted octanol–water partition coefficient (Wildman–Crippen LogP) is 0.438. The summed E-state index contributed by atoms with van der Waals surface area (Å²) in [5, 5.41) is 2.16. The number of anilines is 1. The molecule has 2 fully saturated rings. The zero-order chi connectivity index (χ0) is 19.5. The Labute approximate surface area is 166 Å². The summed E-state index contributed by atoms with van der Waals surface area (Å²) >= 11 is 0. The first kappa shape index (κ1) is 18.8. The van der Waals surface area contributed by atoms with Crippen molar-refractivity contribution in [1.82, 2.24) is 0 Å². The molecule has 5 nitrogen and oxygen atoms in total. The first-order valence-corrected chi connectivity index (χ1v) is 10.3. The van der Waals surface area contributed by atoms with Gasteiger partial charge in [0.1, 0.15) is 6.54 Å². The highest BCUT2D eigenvalue weighted by Gasteiger charge is 2.43. The van der Waals surface area contributed by atoms with Crippen LogP contribution in [0.25, 0.3) is 0 Å². The number of aryl methyl sites for hydroxylation is 1. The molecule has 5 heteroatoms. The third kappa shape index (κ3) is 4.16. The Morgan fingerprint density at radius 2 is 1.68 bits per heavy atom. The molecule has 0 spiro atoms. The number of amides is 2. The highest BCUT2D eigenvalue weighted by molar-refractivity contribution is 6.21. The van der Waals surface area contributed by atoms with Crippen molar-refractivity contribution in [3.8, 4) is 0 Å². The molecule has 0 aliphatic carbocycles. The molecular weight excluding hydrogens is 350 g/mol. The smallest absolute Gasteiger partial charge is 0.292 e. The zero-order valence-corrected chi connectivity index (χ0v) is 16.4. The summed E-state index contributed by atoms with van der Waals surface area (Å²) in [5.74, 6) is -0.143. The van der Waals surface area contributed by atoms with Gasteiger partial charge in [0.05, 0.1) is 31.2 Å². The molecule has 0 saturated carbocycles. The predicted molar refractivity (Wildman–Crippen MR) is 108 cm³/mol. The van der Waals surface area contributed by atoms with Gasteiger partial charge in [-0.15, -0.1) is 0 Å². The number of nitrogens with two attached hydrogens (primary N) is 1. The van der Waals surface area contributed by atoms with Crippen molar-refractivity contribution in [3.05, 3.63) is 65.7 Å². The van der Waals surface area contributed by atoms with E-state index in [0.717, 1.165) is 38.0 Å². The summed E-state index contributed by atoms with van der Waals surface area (Å²) < 4.78 is 0. The number of carbonyl (C=O) groups is 2. The quantitative estimate of drug-likeness (QED) is 0.741. The van der Waals surface area contributed by atoms with Gasteiger partial charge < -0.3 is 10.2 Å². The minimum atomic E-state index is -0.269. The molecule has 28 heavy (non-hydrogen) atoms. The lowest BCUT2D eigenvalue weighted by atomic mass is 10.0. The van der Waals surface area contributed by atoms with Crippen LogP contribution in [0.15, 0.2) is 54.6 Å². The minimum Gasteiger partial charge on any atom is -0.333 e. The lowest BCUT2D eigenvalue weighted by molar-refractivity contribution is -0.926. The number of nitrogens with one attached hydrogen (secondary N) is 1. The first-order valence-electron chi connectivity index (χ1n) is 10.3. The van der Waals surface area contributed by atoms with Gasteiger partial charge in [-0.3, -0.25) is 9.59 Å². The largest absolute Gasteiger partial charge is 0.333 e. The maximum atomic E-state index is 12.8. The Morgan fingerprint density at radius 3 is 2.36 bits per heavy atom. The molecule has 2 amide bonds. The summed E-state index contributed by atoms with van der Waals surface area (Å²) in [6.45, 7) is 5.30. The summed E-state index contributed by atoms with van der Waals surface area (Å²) in [4.78, 5) is 28.3. The van der Waals surface area contributed by atoms with Gasteiger partial charge in [-0.1, -0.05) is 48.0 Å². The van der Waals surface area contributed by atoms with Gasteiger partial charge in [0.2, 0.25) is 5.91 Å². The Bertz CT molecular complexity index is 827. The van der Waals surface area contributed by atoms with E-state index in [1.165, 1.54) is 10.5 Å². The van der Waals surface area contributed by atoms with E-state index in [-0.39, 0.29) is 17.9 Å². The molecule has 2 heterocycles. The number of benzene rings is 2.